The van der Waals surface area contributed by atoms with Crippen LogP contribution in [0.1, 0.15) is 13.3 Å². The number of rotatable bonds is 4. The zero-order chi connectivity index (χ0) is 14.0. The molecule has 1 aromatic carbocycles. The van der Waals surface area contributed by atoms with Crippen molar-refractivity contribution in [3.05, 3.63) is 24.0 Å². The highest BCUT2D eigenvalue weighted by atomic mass is 32.2. The van der Waals surface area contributed by atoms with E-state index in [0.717, 1.165) is 18.6 Å². The van der Waals surface area contributed by atoms with E-state index in [-0.39, 0.29) is 22.6 Å². The van der Waals surface area contributed by atoms with Gasteiger partial charge in [-0.3, -0.25) is 0 Å². The number of nitrogens with two attached hydrogens (primary N) is 1. The van der Waals surface area contributed by atoms with Gasteiger partial charge in [0, 0.05) is 19.1 Å². The summed E-state index contributed by atoms with van der Waals surface area (Å²) in [6.45, 7) is 2.85. The zero-order valence-electron chi connectivity index (χ0n) is 10.6. The van der Waals surface area contributed by atoms with E-state index in [1.165, 1.54) is 6.07 Å². The number of anilines is 1. The number of sulfonamides is 1. The van der Waals surface area contributed by atoms with Crippen molar-refractivity contribution in [3.63, 3.8) is 0 Å². The van der Waals surface area contributed by atoms with Crippen molar-refractivity contribution in [2.45, 2.75) is 24.3 Å². The average Bonchev–Trinajstić information content (AvgIpc) is 2.72. The van der Waals surface area contributed by atoms with Crippen LogP contribution in [0.15, 0.2) is 23.1 Å². The number of nitrogen functional groups attached to an aromatic ring is 1. The van der Waals surface area contributed by atoms with Crippen molar-refractivity contribution in [1.82, 2.24) is 4.72 Å². The molecule has 0 spiro atoms. The van der Waals surface area contributed by atoms with Gasteiger partial charge in [0.25, 0.3) is 0 Å². The normalized spacial score (nSPS) is 23.7. The molecule has 106 valence electrons. The molecule has 5 nitrogen and oxygen atoms in total. The molecular formula is C12H17FN2O3S. The summed E-state index contributed by atoms with van der Waals surface area (Å²) < 4.78 is 44.9. The van der Waals surface area contributed by atoms with Crippen molar-refractivity contribution in [2.75, 3.05) is 18.9 Å². The van der Waals surface area contributed by atoms with Crippen LogP contribution in [0.2, 0.25) is 0 Å². The topological polar surface area (TPSA) is 81.4 Å². The van der Waals surface area contributed by atoms with Gasteiger partial charge in [-0.15, -0.1) is 0 Å². The van der Waals surface area contributed by atoms with Crippen molar-refractivity contribution in [1.29, 1.82) is 0 Å². The summed E-state index contributed by atoms with van der Waals surface area (Å²) in [6.07, 6.45) is 0.857. The fourth-order valence-electron chi connectivity index (χ4n) is 2.10. The Bertz CT molecular complexity index is 562. The van der Waals surface area contributed by atoms with Gasteiger partial charge in [-0.1, -0.05) is 0 Å². The third-order valence-electron chi connectivity index (χ3n) is 3.33. The summed E-state index contributed by atoms with van der Waals surface area (Å²) in [7, 11) is -3.72. The Hall–Kier alpha value is -1.18. The maximum atomic E-state index is 12.9. The molecule has 2 atom stereocenters. The first-order valence-electron chi connectivity index (χ1n) is 6.06. The average molecular weight is 288 g/mol. The molecule has 3 N–H and O–H groups in total. The summed E-state index contributed by atoms with van der Waals surface area (Å²) in [5, 5.41) is 0. The van der Waals surface area contributed by atoms with Crippen molar-refractivity contribution >= 4 is 15.7 Å². The van der Waals surface area contributed by atoms with Gasteiger partial charge in [0.15, 0.2) is 0 Å². The molecule has 2 rings (SSSR count). The molecule has 1 fully saturated rings. The standard InChI is InChI=1S/C12H17FN2O3S/c1-8-9(4-5-18-8)7-15-19(16,17)12-3-2-10(13)6-11(12)14/h2-3,6,8-9,15H,4-5,7,14H2,1H3. The van der Waals surface area contributed by atoms with Crippen molar-refractivity contribution in [3.8, 4) is 0 Å². The van der Waals surface area contributed by atoms with Gasteiger partial charge in [0.2, 0.25) is 10.0 Å². The van der Waals surface area contributed by atoms with Crippen LogP contribution in [0.4, 0.5) is 10.1 Å². The number of benzene rings is 1. The van der Waals surface area contributed by atoms with Crippen LogP contribution in [-0.4, -0.2) is 27.7 Å². The van der Waals surface area contributed by atoms with E-state index in [2.05, 4.69) is 4.72 Å². The zero-order valence-corrected chi connectivity index (χ0v) is 11.4. The SMILES string of the molecule is CC1OCCC1CNS(=O)(=O)c1ccc(F)cc1N. The first-order chi connectivity index (χ1) is 8.90. The molecule has 19 heavy (non-hydrogen) atoms. The lowest BCUT2D eigenvalue weighted by molar-refractivity contribution is 0.107. The van der Waals surface area contributed by atoms with Crippen LogP contribution in [0.3, 0.4) is 0 Å². The van der Waals surface area contributed by atoms with Gasteiger partial charge < -0.3 is 10.5 Å². The van der Waals surface area contributed by atoms with Crippen LogP contribution in [-0.2, 0) is 14.8 Å². The second-order valence-corrected chi connectivity index (χ2v) is 6.39. The number of nitrogens with one attached hydrogen (secondary N) is 1. The molecular weight excluding hydrogens is 271 g/mol. The number of hydrogen-bond acceptors (Lipinski definition) is 4. The molecule has 0 saturated carbocycles. The second-order valence-electron chi connectivity index (χ2n) is 4.66. The smallest absolute Gasteiger partial charge is 0.242 e. The number of ether oxygens (including phenoxy) is 1. The van der Waals surface area contributed by atoms with Crippen LogP contribution >= 0.6 is 0 Å². The molecule has 0 radical (unpaired) electrons. The maximum Gasteiger partial charge on any atom is 0.242 e. The lowest BCUT2D eigenvalue weighted by atomic mass is 10.0. The quantitative estimate of drug-likeness (QED) is 0.813. The van der Waals surface area contributed by atoms with Gasteiger partial charge in [-0.05, 0) is 31.5 Å². The molecule has 2 unspecified atom stereocenters. The molecule has 0 aromatic heterocycles. The highest BCUT2D eigenvalue weighted by Crippen LogP contribution is 2.22. The molecule has 0 amide bonds. The van der Waals surface area contributed by atoms with Crippen molar-refractivity contribution in [2.24, 2.45) is 5.92 Å². The second kappa shape index (κ2) is 5.44. The molecule has 1 saturated heterocycles. The first kappa shape index (κ1) is 14.2. The lowest BCUT2D eigenvalue weighted by Crippen LogP contribution is -2.32. The van der Waals surface area contributed by atoms with E-state index >= 15 is 0 Å². The summed E-state index contributed by atoms with van der Waals surface area (Å²) in [4.78, 5) is -0.0968. The summed E-state index contributed by atoms with van der Waals surface area (Å²) in [5.41, 5.74) is 5.44. The molecule has 1 aliphatic heterocycles. The lowest BCUT2D eigenvalue weighted by Gasteiger charge is -2.15. The highest BCUT2D eigenvalue weighted by Gasteiger charge is 2.26. The van der Waals surface area contributed by atoms with Gasteiger partial charge >= 0.3 is 0 Å². The molecule has 1 aromatic rings. The van der Waals surface area contributed by atoms with Crippen molar-refractivity contribution < 1.29 is 17.5 Å². The van der Waals surface area contributed by atoms with Crippen LogP contribution in [0.5, 0.6) is 0 Å². The molecule has 0 aliphatic carbocycles. The van der Waals surface area contributed by atoms with E-state index < -0.39 is 15.8 Å². The summed E-state index contributed by atoms with van der Waals surface area (Å²) in [5.74, 6) is -0.411. The Morgan fingerprint density at radius 1 is 1.53 bits per heavy atom. The Morgan fingerprint density at radius 2 is 2.26 bits per heavy atom. The van der Waals surface area contributed by atoms with E-state index in [1.807, 2.05) is 6.92 Å². The fraction of sp³-hybridized carbons (Fsp3) is 0.500. The largest absolute Gasteiger partial charge is 0.398 e. The van der Waals surface area contributed by atoms with Gasteiger partial charge in [-0.25, -0.2) is 17.5 Å². The molecule has 0 bridgehead atoms. The predicted molar refractivity (Wildman–Crippen MR) is 69.5 cm³/mol. The minimum absolute atomic E-state index is 0.0354. The Morgan fingerprint density at radius 3 is 2.84 bits per heavy atom. The van der Waals surface area contributed by atoms with Gasteiger partial charge in [-0.2, -0.15) is 0 Å². The Balaban J connectivity index is 2.09. The third kappa shape index (κ3) is 3.23. The third-order valence-corrected chi connectivity index (χ3v) is 4.83. The van der Waals surface area contributed by atoms with Gasteiger partial charge in [0.05, 0.1) is 11.8 Å². The molecule has 1 heterocycles. The minimum atomic E-state index is -3.72. The monoisotopic (exact) mass is 288 g/mol. The highest BCUT2D eigenvalue weighted by molar-refractivity contribution is 7.89. The molecule has 7 heteroatoms. The van der Waals surface area contributed by atoms with E-state index in [9.17, 15) is 12.8 Å². The van der Waals surface area contributed by atoms with E-state index in [4.69, 9.17) is 10.5 Å². The summed E-state index contributed by atoms with van der Waals surface area (Å²) in [6, 6.07) is 3.24. The number of halogens is 1. The van der Waals surface area contributed by atoms with Crippen LogP contribution < -0.4 is 10.5 Å². The minimum Gasteiger partial charge on any atom is -0.398 e. The van der Waals surface area contributed by atoms with E-state index in [1.54, 1.807) is 0 Å². The first-order valence-corrected chi connectivity index (χ1v) is 7.55. The predicted octanol–water partition coefficient (Wildman–Crippen LogP) is 1.11. The van der Waals surface area contributed by atoms with Gasteiger partial charge in [0.1, 0.15) is 10.7 Å². The maximum absolute atomic E-state index is 12.9. The fourth-order valence-corrected chi connectivity index (χ4v) is 3.31. The molecule has 1 aliphatic rings. The van der Waals surface area contributed by atoms with Crippen LogP contribution in [0.25, 0.3) is 0 Å². The van der Waals surface area contributed by atoms with E-state index in [0.29, 0.717) is 13.2 Å². The summed E-state index contributed by atoms with van der Waals surface area (Å²) >= 11 is 0. The Kier molecular flexibility index (Phi) is 4.07. The number of hydrogen-bond donors (Lipinski definition) is 2. The van der Waals surface area contributed by atoms with Crippen LogP contribution in [0, 0.1) is 11.7 Å². The Labute approximate surface area is 112 Å².